The minimum absolute atomic E-state index is 0.118. The number of amides is 1. The zero-order chi connectivity index (χ0) is 21.8. The van der Waals surface area contributed by atoms with Crippen molar-refractivity contribution in [3.8, 4) is 5.75 Å². The number of anilines is 1. The highest BCUT2D eigenvalue weighted by Gasteiger charge is 2.11. The smallest absolute Gasteiger partial charge is 0.265 e. The molecule has 0 spiro atoms. The summed E-state index contributed by atoms with van der Waals surface area (Å²) in [4.78, 5) is 13.3. The molecule has 0 atom stereocenters. The summed E-state index contributed by atoms with van der Waals surface area (Å²) in [5.74, 6) is 0.786. The molecule has 4 rings (SSSR count). The first kappa shape index (κ1) is 21.3. The first-order chi connectivity index (χ1) is 15.0. The number of benzene rings is 2. The van der Waals surface area contributed by atoms with E-state index >= 15 is 0 Å². The highest BCUT2D eigenvalue weighted by molar-refractivity contribution is 9.10. The molecule has 2 aromatic carbocycles. The van der Waals surface area contributed by atoms with Crippen molar-refractivity contribution in [3.05, 3.63) is 97.9 Å². The molecule has 0 aliphatic heterocycles. The molecule has 0 aliphatic carbocycles. The van der Waals surface area contributed by atoms with E-state index < -0.39 is 0 Å². The number of hydrogen-bond acceptors (Lipinski definition) is 4. The van der Waals surface area contributed by atoms with Crippen LogP contribution in [0.1, 0.15) is 31.9 Å². The van der Waals surface area contributed by atoms with Crippen LogP contribution in [0.5, 0.6) is 5.75 Å². The summed E-state index contributed by atoms with van der Waals surface area (Å²) in [6.07, 6.45) is 3.69. The van der Waals surface area contributed by atoms with Gasteiger partial charge >= 0.3 is 0 Å². The van der Waals surface area contributed by atoms with Crippen molar-refractivity contribution in [1.29, 1.82) is 0 Å². The van der Waals surface area contributed by atoms with Crippen LogP contribution in [0.25, 0.3) is 0 Å². The Morgan fingerprint density at radius 2 is 1.87 bits per heavy atom. The highest BCUT2D eigenvalue weighted by Crippen LogP contribution is 2.25. The Morgan fingerprint density at radius 1 is 1.13 bits per heavy atom. The molecule has 0 saturated heterocycles. The van der Waals surface area contributed by atoms with Crippen LogP contribution in [0.4, 0.5) is 5.69 Å². The van der Waals surface area contributed by atoms with Crippen LogP contribution in [-0.2, 0) is 13.2 Å². The molecular weight excluding hydrogens is 474 g/mol. The lowest BCUT2D eigenvalue weighted by Crippen LogP contribution is -2.10. The molecule has 0 fully saturated rings. The van der Waals surface area contributed by atoms with Gasteiger partial charge in [0.25, 0.3) is 5.91 Å². The summed E-state index contributed by atoms with van der Waals surface area (Å²) >= 11 is 4.82. The number of carbonyl (C=O) groups is 1. The molecule has 2 aromatic heterocycles. The molecule has 7 heteroatoms. The van der Waals surface area contributed by atoms with E-state index in [4.69, 9.17) is 4.74 Å². The van der Waals surface area contributed by atoms with Gasteiger partial charge in [0.05, 0.1) is 22.1 Å². The molecule has 158 valence electrons. The summed E-state index contributed by atoms with van der Waals surface area (Å²) in [5.41, 5.74) is 5.07. The molecule has 5 nitrogen and oxygen atoms in total. The number of halogens is 1. The van der Waals surface area contributed by atoms with Crippen LogP contribution >= 0.6 is 27.3 Å². The number of carbonyl (C=O) groups excluding carboxylic acids is 1. The Hall–Kier alpha value is -2.90. The topological polar surface area (TPSA) is 56.1 Å². The zero-order valence-electron chi connectivity index (χ0n) is 17.3. The maximum Gasteiger partial charge on any atom is 0.265 e. The molecule has 4 aromatic rings. The quantitative estimate of drug-likeness (QED) is 0.331. The summed E-state index contributed by atoms with van der Waals surface area (Å²) in [6.45, 7) is 5.18. The van der Waals surface area contributed by atoms with E-state index in [-0.39, 0.29) is 5.91 Å². The molecule has 2 heterocycles. The Bertz CT molecular complexity index is 1180. The minimum atomic E-state index is -0.118. The van der Waals surface area contributed by atoms with Gasteiger partial charge in [0.15, 0.2) is 0 Å². The van der Waals surface area contributed by atoms with Gasteiger partial charge in [-0.25, -0.2) is 0 Å². The summed E-state index contributed by atoms with van der Waals surface area (Å²) in [6, 6.07) is 15.8. The number of ether oxygens (including phenoxy) is 1. The third-order valence-electron chi connectivity index (χ3n) is 4.83. The second-order valence-electron chi connectivity index (χ2n) is 7.34. The summed E-state index contributed by atoms with van der Waals surface area (Å²) < 4.78 is 8.80. The van der Waals surface area contributed by atoms with E-state index in [0.29, 0.717) is 18.0 Å². The number of nitrogens with zero attached hydrogens (tertiary/aromatic N) is 2. The van der Waals surface area contributed by atoms with Gasteiger partial charge in [-0.3, -0.25) is 9.48 Å². The lowest BCUT2D eigenvalue weighted by molar-refractivity contribution is 0.103. The molecule has 0 aliphatic rings. The van der Waals surface area contributed by atoms with E-state index in [2.05, 4.69) is 26.3 Å². The highest BCUT2D eigenvalue weighted by atomic mass is 79.9. The summed E-state index contributed by atoms with van der Waals surface area (Å²) in [7, 11) is 0. The van der Waals surface area contributed by atoms with Crippen molar-refractivity contribution in [3.63, 3.8) is 0 Å². The van der Waals surface area contributed by atoms with Crippen molar-refractivity contribution in [2.75, 3.05) is 5.32 Å². The predicted octanol–water partition coefficient (Wildman–Crippen LogP) is 6.20. The lowest BCUT2D eigenvalue weighted by Gasteiger charge is -2.11. The van der Waals surface area contributed by atoms with Gasteiger partial charge in [-0.15, -0.1) is 11.3 Å². The Balaban J connectivity index is 1.34. The summed E-state index contributed by atoms with van der Waals surface area (Å²) in [5, 5.41) is 9.18. The van der Waals surface area contributed by atoms with Crippen molar-refractivity contribution in [2.45, 2.75) is 27.0 Å². The Kier molecular flexibility index (Phi) is 6.53. The average Bonchev–Trinajstić information content (AvgIpc) is 3.38. The second kappa shape index (κ2) is 9.49. The molecule has 0 bridgehead atoms. The van der Waals surface area contributed by atoms with E-state index in [0.717, 1.165) is 38.2 Å². The number of aromatic nitrogens is 2. The number of para-hydroxylation sites is 1. The van der Waals surface area contributed by atoms with E-state index in [1.165, 1.54) is 11.3 Å². The third-order valence-corrected chi connectivity index (χ3v) is 6.21. The van der Waals surface area contributed by atoms with Crippen molar-refractivity contribution in [2.24, 2.45) is 0 Å². The zero-order valence-corrected chi connectivity index (χ0v) is 19.7. The molecule has 0 radical (unpaired) electrons. The van der Waals surface area contributed by atoms with Gasteiger partial charge in [-0.1, -0.05) is 30.3 Å². The molecular formula is C24H22BrN3O2S. The maximum atomic E-state index is 12.6. The molecule has 1 amide bonds. The molecule has 0 saturated carbocycles. The van der Waals surface area contributed by atoms with E-state index in [1.54, 1.807) is 6.20 Å². The number of aryl methyl sites for hydroxylation is 2. The third kappa shape index (κ3) is 5.42. The SMILES string of the molecule is Cc1cccc(C)c1OCc1csc(C(=O)Nc2ccc(Cn3cc(Br)cn3)cc2)c1. The van der Waals surface area contributed by atoms with Gasteiger partial charge in [0, 0.05) is 17.4 Å². The Morgan fingerprint density at radius 3 is 2.55 bits per heavy atom. The Labute approximate surface area is 193 Å². The normalized spacial score (nSPS) is 10.8. The predicted molar refractivity (Wildman–Crippen MR) is 128 cm³/mol. The average molecular weight is 496 g/mol. The number of rotatable bonds is 7. The fourth-order valence-electron chi connectivity index (χ4n) is 3.25. The van der Waals surface area contributed by atoms with Crippen LogP contribution in [0.15, 0.2) is 70.8 Å². The molecule has 0 unspecified atom stereocenters. The van der Waals surface area contributed by atoms with E-state index in [1.807, 2.05) is 78.6 Å². The van der Waals surface area contributed by atoms with Crippen LogP contribution in [0.2, 0.25) is 0 Å². The van der Waals surface area contributed by atoms with Crippen LogP contribution < -0.4 is 10.1 Å². The van der Waals surface area contributed by atoms with Crippen LogP contribution in [-0.4, -0.2) is 15.7 Å². The molecule has 1 N–H and O–H groups in total. The van der Waals surface area contributed by atoms with Gasteiger partial charge in [-0.2, -0.15) is 5.10 Å². The largest absolute Gasteiger partial charge is 0.488 e. The number of hydrogen-bond donors (Lipinski definition) is 1. The van der Waals surface area contributed by atoms with Gasteiger partial charge in [0.1, 0.15) is 12.4 Å². The number of nitrogens with one attached hydrogen (secondary N) is 1. The van der Waals surface area contributed by atoms with E-state index in [9.17, 15) is 4.79 Å². The number of thiophene rings is 1. The van der Waals surface area contributed by atoms with Crippen LogP contribution in [0, 0.1) is 13.8 Å². The lowest BCUT2D eigenvalue weighted by atomic mass is 10.1. The molecule has 31 heavy (non-hydrogen) atoms. The van der Waals surface area contributed by atoms with Crippen molar-refractivity contribution < 1.29 is 9.53 Å². The monoisotopic (exact) mass is 495 g/mol. The second-order valence-corrected chi connectivity index (χ2v) is 9.16. The van der Waals surface area contributed by atoms with Gasteiger partial charge in [0.2, 0.25) is 0 Å². The maximum absolute atomic E-state index is 12.6. The fourth-order valence-corrected chi connectivity index (χ4v) is 4.37. The fraction of sp³-hybridized carbons (Fsp3) is 0.167. The van der Waals surface area contributed by atoms with Gasteiger partial charge in [-0.05, 0) is 70.0 Å². The first-order valence-electron chi connectivity index (χ1n) is 9.82. The standard InChI is InChI=1S/C24H22BrN3O2S/c1-16-4-3-5-17(2)23(16)30-14-19-10-22(31-15-19)24(29)27-21-8-6-18(7-9-21)12-28-13-20(25)11-26-28/h3-11,13,15H,12,14H2,1-2H3,(H,27,29). The van der Waals surface area contributed by atoms with Crippen molar-refractivity contribution in [1.82, 2.24) is 9.78 Å². The van der Waals surface area contributed by atoms with Crippen molar-refractivity contribution >= 4 is 38.9 Å². The first-order valence-corrected chi connectivity index (χ1v) is 11.5. The minimum Gasteiger partial charge on any atom is -0.488 e. The van der Waals surface area contributed by atoms with Crippen LogP contribution in [0.3, 0.4) is 0 Å². The van der Waals surface area contributed by atoms with Gasteiger partial charge < -0.3 is 10.1 Å².